The van der Waals surface area contributed by atoms with E-state index in [4.69, 9.17) is 9.47 Å². The molecule has 1 saturated heterocycles. The van der Waals surface area contributed by atoms with Gasteiger partial charge >= 0.3 is 5.69 Å². The van der Waals surface area contributed by atoms with Crippen molar-refractivity contribution in [2.45, 2.75) is 32.5 Å². The molecule has 0 amide bonds. The molecule has 1 unspecified atom stereocenters. The highest BCUT2D eigenvalue weighted by Gasteiger charge is 2.24. The summed E-state index contributed by atoms with van der Waals surface area (Å²) in [6, 6.07) is 0. The average Bonchev–Trinajstić information content (AvgIpc) is 2.82. The molecule has 3 heterocycles. The van der Waals surface area contributed by atoms with Crippen LogP contribution in [0.2, 0.25) is 0 Å². The number of hydrogen-bond donors (Lipinski definition) is 0. The number of methoxy groups -OCH3 is 1. The molecule has 1 fully saturated rings. The van der Waals surface area contributed by atoms with Gasteiger partial charge in [-0.2, -0.15) is 0 Å². The second-order valence-electron chi connectivity index (χ2n) is 5.51. The first-order chi connectivity index (χ1) is 11.1. The van der Waals surface area contributed by atoms with Crippen molar-refractivity contribution >= 4 is 27.8 Å². The third kappa shape index (κ3) is 2.66. The number of hydrogen-bond acceptors (Lipinski definition) is 6. The van der Waals surface area contributed by atoms with Crippen LogP contribution in [0.25, 0.3) is 10.2 Å². The molecule has 2 aromatic rings. The number of carbonyl (C=O) groups is 1. The lowest BCUT2D eigenvalue weighted by Crippen LogP contribution is -2.43. The van der Waals surface area contributed by atoms with Crippen LogP contribution in [0.5, 0.6) is 0 Å². The van der Waals surface area contributed by atoms with Crippen LogP contribution in [-0.4, -0.2) is 41.8 Å². The largest absolute Gasteiger partial charge is 0.383 e. The lowest BCUT2D eigenvalue weighted by molar-refractivity contribution is -0.0593. The van der Waals surface area contributed by atoms with E-state index in [1.807, 2.05) is 0 Å². The lowest BCUT2D eigenvalue weighted by atomic mass is 10.2. The van der Waals surface area contributed by atoms with Crippen LogP contribution in [0.15, 0.2) is 9.59 Å². The summed E-state index contributed by atoms with van der Waals surface area (Å²) in [4.78, 5) is 37.6. The summed E-state index contributed by atoms with van der Waals surface area (Å²) in [5, 5.41) is 0.437. The summed E-state index contributed by atoms with van der Waals surface area (Å²) in [7, 11) is 1.52. The van der Waals surface area contributed by atoms with Gasteiger partial charge in [-0.1, -0.05) is 0 Å². The number of carbonyl (C=O) groups excluding carboxylic acids is 1. The quantitative estimate of drug-likeness (QED) is 0.727. The zero-order valence-electron chi connectivity index (χ0n) is 13.0. The van der Waals surface area contributed by atoms with Gasteiger partial charge in [0.25, 0.3) is 5.56 Å². The number of rotatable bonds is 6. The predicted molar refractivity (Wildman–Crippen MR) is 86.7 cm³/mol. The number of fused-ring (bicyclic) bond motifs is 1. The maximum Gasteiger partial charge on any atom is 0.332 e. The number of ether oxygens (including phenoxy) is 2. The highest BCUT2D eigenvalue weighted by Crippen LogP contribution is 2.27. The first-order valence-corrected chi connectivity index (χ1v) is 8.22. The van der Waals surface area contributed by atoms with Gasteiger partial charge in [-0.25, -0.2) is 4.79 Å². The fourth-order valence-corrected chi connectivity index (χ4v) is 3.81. The minimum Gasteiger partial charge on any atom is -0.383 e. The molecule has 0 aliphatic carbocycles. The van der Waals surface area contributed by atoms with Crippen molar-refractivity contribution in [3.05, 3.63) is 31.3 Å². The van der Waals surface area contributed by atoms with E-state index >= 15 is 0 Å². The Hall–Kier alpha value is -1.77. The van der Waals surface area contributed by atoms with E-state index in [-0.39, 0.29) is 30.5 Å². The van der Waals surface area contributed by atoms with E-state index in [1.165, 1.54) is 23.0 Å². The van der Waals surface area contributed by atoms with E-state index in [9.17, 15) is 14.4 Å². The van der Waals surface area contributed by atoms with Gasteiger partial charge in [0.2, 0.25) is 0 Å². The molecule has 0 saturated carbocycles. The van der Waals surface area contributed by atoms with E-state index in [0.29, 0.717) is 33.8 Å². The van der Waals surface area contributed by atoms with Crippen molar-refractivity contribution in [1.29, 1.82) is 0 Å². The summed E-state index contributed by atoms with van der Waals surface area (Å²) in [5.41, 5.74) is -0.122. The maximum atomic E-state index is 12.7. The van der Waals surface area contributed by atoms with Crippen molar-refractivity contribution < 1.29 is 14.3 Å². The fraction of sp³-hybridized carbons (Fsp3) is 0.533. The van der Waals surface area contributed by atoms with Crippen LogP contribution in [0, 0.1) is 6.92 Å². The van der Waals surface area contributed by atoms with Crippen LogP contribution in [0.4, 0.5) is 0 Å². The van der Waals surface area contributed by atoms with Gasteiger partial charge in [0.15, 0.2) is 6.29 Å². The molecule has 0 N–H and O–H groups in total. The Morgan fingerprint density at radius 3 is 2.70 bits per heavy atom. The minimum absolute atomic E-state index is 0.0219. The Labute approximate surface area is 136 Å². The number of aryl methyl sites for hydroxylation is 1. The summed E-state index contributed by atoms with van der Waals surface area (Å²) >= 11 is 1.18. The van der Waals surface area contributed by atoms with Crippen LogP contribution < -0.4 is 11.2 Å². The second-order valence-corrected chi connectivity index (χ2v) is 6.54. The van der Waals surface area contributed by atoms with Gasteiger partial charge in [-0.3, -0.25) is 18.7 Å². The van der Waals surface area contributed by atoms with Gasteiger partial charge in [0.1, 0.15) is 4.83 Å². The molecule has 3 rings (SSSR count). The van der Waals surface area contributed by atoms with Crippen molar-refractivity contribution in [2.75, 3.05) is 20.3 Å². The molecule has 23 heavy (non-hydrogen) atoms. The fourth-order valence-electron chi connectivity index (χ4n) is 2.70. The van der Waals surface area contributed by atoms with Gasteiger partial charge in [-0.15, -0.1) is 11.3 Å². The van der Waals surface area contributed by atoms with Crippen molar-refractivity contribution in [2.24, 2.45) is 0 Å². The molecule has 124 valence electrons. The highest BCUT2D eigenvalue weighted by atomic mass is 32.1. The summed E-state index contributed by atoms with van der Waals surface area (Å²) in [6.45, 7) is 3.26. The van der Waals surface area contributed by atoms with E-state index in [2.05, 4.69) is 0 Å². The van der Waals surface area contributed by atoms with Crippen LogP contribution >= 0.6 is 11.3 Å². The van der Waals surface area contributed by atoms with E-state index in [0.717, 1.165) is 12.7 Å². The third-order valence-electron chi connectivity index (χ3n) is 4.14. The Morgan fingerprint density at radius 1 is 1.39 bits per heavy atom. The summed E-state index contributed by atoms with van der Waals surface area (Å²) < 4.78 is 13.1. The van der Waals surface area contributed by atoms with E-state index < -0.39 is 0 Å². The molecule has 8 heteroatoms. The minimum atomic E-state index is -0.381. The maximum absolute atomic E-state index is 12.7. The number of thiophene rings is 1. The Kier molecular flexibility index (Phi) is 4.47. The van der Waals surface area contributed by atoms with Crippen molar-refractivity contribution in [3.8, 4) is 0 Å². The molecular weight excluding hydrogens is 320 g/mol. The Balaban J connectivity index is 2.26. The summed E-state index contributed by atoms with van der Waals surface area (Å²) in [6.07, 6.45) is 1.59. The molecule has 1 aliphatic rings. The molecule has 1 atom stereocenters. The molecule has 7 nitrogen and oxygen atoms in total. The van der Waals surface area contributed by atoms with Crippen LogP contribution in [0.3, 0.4) is 0 Å². The normalized spacial score (nSPS) is 17.4. The topological polar surface area (TPSA) is 79.5 Å². The van der Waals surface area contributed by atoms with Crippen LogP contribution in [-0.2, 0) is 22.6 Å². The smallest absolute Gasteiger partial charge is 0.332 e. The molecule has 0 bridgehead atoms. The zero-order chi connectivity index (χ0) is 16.6. The van der Waals surface area contributed by atoms with Gasteiger partial charge in [0.05, 0.1) is 36.1 Å². The van der Waals surface area contributed by atoms with Crippen molar-refractivity contribution in [3.63, 3.8) is 0 Å². The number of aldehydes is 1. The molecule has 2 aromatic heterocycles. The molecule has 0 radical (unpaired) electrons. The number of nitrogens with zero attached hydrogens (tertiary/aromatic N) is 2. The lowest BCUT2D eigenvalue weighted by Gasteiger charge is -2.27. The third-order valence-corrected chi connectivity index (χ3v) is 5.38. The second kappa shape index (κ2) is 6.38. The summed E-state index contributed by atoms with van der Waals surface area (Å²) in [5.74, 6) is 0. The van der Waals surface area contributed by atoms with Gasteiger partial charge in [-0.05, 0) is 18.9 Å². The standard InChI is InChI=1S/C15H18N2O5S/c1-9-11(8-18)23-14-12(9)13(19)16(4-6-21-2)15(20)17(14)7-10-3-5-22-10/h8,10H,3-7H2,1-2H3. The molecular formula is C15H18N2O5S. The van der Waals surface area contributed by atoms with Crippen LogP contribution in [0.1, 0.15) is 21.7 Å². The van der Waals surface area contributed by atoms with Crippen molar-refractivity contribution in [1.82, 2.24) is 9.13 Å². The number of aromatic nitrogens is 2. The first-order valence-electron chi connectivity index (χ1n) is 7.41. The Bertz CT molecular complexity index is 859. The highest BCUT2D eigenvalue weighted by molar-refractivity contribution is 7.20. The Morgan fingerprint density at radius 2 is 2.13 bits per heavy atom. The van der Waals surface area contributed by atoms with Gasteiger partial charge in [0, 0.05) is 13.7 Å². The molecule has 0 spiro atoms. The average molecular weight is 338 g/mol. The monoisotopic (exact) mass is 338 g/mol. The zero-order valence-corrected chi connectivity index (χ0v) is 13.9. The van der Waals surface area contributed by atoms with Gasteiger partial charge < -0.3 is 9.47 Å². The molecule has 1 aliphatic heterocycles. The SMILES string of the molecule is COCCn1c(=O)c2c(C)c(C=O)sc2n(CC2CCO2)c1=O. The predicted octanol–water partition coefficient (Wildman–Crippen LogP) is 0.781. The first kappa shape index (κ1) is 16.1. The molecule has 0 aromatic carbocycles. The van der Waals surface area contributed by atoms with E-state index in [1.54, 1.807) is 11.5 Å².